The number of hydrogen-bond acceptors (Lipinski definition) is 5. The van der Waals surface area contributed by atoms with Crippen molar-refractivity contribution in [2.24, 2.45) is 0 Å². The van der Waals surface area contributed by atoms with Crippen molar-refractivity contribution >= 4 is 5.91 Å². The third kappa shape index (κ3) is 25.8. The van der Waals surface area contributed by atoms with Crippen molar-refractivity contribution in [3.05, 3.63) is 0 Å². The molecule has 0 radical (unpaired) electrons. The van der Waals surface area contributed by atoms with Crippen LogP contribution < -0.4 is 5.32 Å². The van der Waals surface area contributed by atoms with Gasteiger partial charge in [0.25, 0.3) is 0 Å². The van der Waals surface area contributed by atoms with Gasteiger partial charge in [-0.05, 0) is 12.8 Å². The average molecular weight is 600 g/mol. The number of amides is 1. The monoisotopic (exact) mass is 600 g/mol. The molecule has 0 spiro atoms. The molecule has 5 N–H and O–H groups in total. The first-order valence-electron chi connectivity index (χ1n) is 18.4. The molecule has 0 saturated carbocycles. The molecule has 0 aliphatic rings. The van der Waals surface area contributed by atoms with Crippen LogP contribution in [0, 0.1) is 0 Å². The van der Waals surface area contributed by atoms with E-state index in [9.17, 15) is 25.2 Å². The fourth-order valence-corrected chi connectivity index (χ4v) is 5.81. The number of nitrogens with one attached hydrogen (secondary N) is 1. The van der Waals surface area contributed by atoms with Crippen molar-refractivity contribution in [2.45, 2.75) is 218 Å². The van der Waals surface area contributed by atoms with Gasteiger partial charge < -0.3 is 25.7 Å². The van der Waals surface area contributed by atoms with Crippen molar-refractivity contribution < 1.29 is 25.2 Å². The van der Waals surface area contributed by atoms with Gasteiger partial charge in [0.1, 0.15) is 12.2 Å². The number of carbonyl (C=O) groups is 1. The van der Waals surface area contributed by atoms with E-state index in [-0.39, 0.29) is 0 Å². The first-order chi connectivity index (χ1) is 20.5. The third-order valence-corrected chi connectivity index (χ3v) is 8.82. The molecule has 0 aromatic heterocycles. The summed E-state index contributed by atoms with van der Waals surface area (Å²) < 4.78 is 0. The average Bonchev–Trinajstić information content (AvgIpc) is 2.99. The molecule has 252 valence electrons. The standard InChI is InChI=1S/C36H73NO5/c1-3-5-7-9-10-11-12-13-14-15-16-17-18-19-20-21-22-23-24-25-26-28-30-34(40)36(42)37-32(31-38)35(41)33(39)29-27-8-6-4-2/h32-35,38-41H,3-31H2,1-2H3,(H,37,42). The Balaban J connectivity index is 3.56. The highest BCUT2D eigenvalue weighted by Crippen LogP contribution is 2.16. The van der Waals surface area contributed by atoms with Crippen LogP contribution in [-0.2, 0) is 4.79 Å². The predicted molar refractivity (Wildman–Crippen MR) is 178 cm³/mol. The summed E-state index contributed by atoms with van der Waals surface area (Å²) in [5.74, 6) is -0.588. The highest BCUT2D eigenvalue weighted by molar-refractivity contribution is 5.80. The molecule has 0 heterocycles. The van der Waals surface area contributed by atoms with E-state index in [1.807, 2.05) is 0 Å². The first kappa shape index (κ1) is 41.3. The van der Waals surface area contributed by atoms with Gasteiger partial charge in [-0.3, -0.25) is 4.79 Å². The largest absolute Gasteiger partial charge is 0.394 e. The lowest BCUT2D eigenvalue weighted by atomic mass is 9.99. The highest BCUT2D eigenvalue weighted by atomic mass is 16.3. The Bertz CT molecular complexity index is 561. The molecular weight excluding hydrogens is 526 g/mol. The lowest BCUT2D eigenvalue weighted by molar-refractivity contribution is -0.132. The normalized spacial score (nSPS) is 14.5. The Hall–Kier alpha value is -0.690. The van der Waals surface area contributed by atoms with Crippen molar-refractivity contribution in [2.75, 3.05) is 6.61 Å². The molecule has 4 unspecified atom stereocenters. The maximum atomic E-state index is 12.3. The minimum absolute atomic E-state index is 0.374. The summed E-state index contributed by atoms with van der Waals surface area (Å²) in [6, 6.07) is -0.974. The van der Waals surface area contributed by atoms with Crippen LogP contribution in [0.25, 0.3) is 0 Å². The van der Waals surface area contributed by atoms with Gasteiger partial charge in [-0.1, -0.05) is 181 Å². The molecule has 6 nitrogen and oxygen atoms in total. The van der Waals surface area contributed by atoms with Gasteiger partial charge in [0.2, 0.25) is 5.91 Å². The topological polar surface area (TPSA) is 110 Å². The van der Waals surface area contributed by atoms with Gasteiger partial charge >= 0.3 is 0 Å². The van der Waals surface area contributed by atoms with Crippen LogP contribution in [0.3, 0.4) is 0 Å². The zero-order chi connectivity index (χ0) is 31.1. The summed E-state index contributed by atoms with van der Waals surface area (Å²) in [4.78, 5) is 12.3. The van der Waals surface area contributed by atoms with Crippen molar-refractivity contribution in [3.63, 3.8) is 0 Å². The Labute approximate surface area is 260 Å². The number of aliphatic hydroxyl groups is 4. The van der Waals surface area contributed by atoms with Gasteiger partial charge in [-0.15, -0.1) is 0 Å². The zero-order valence-corrected chi connectivity index (χ0v) is 28.0. The third-order valence-electron chi connectivity index (χ3n) is 8.82. The fourth-order valence-electron chi connectivity index (χ4n) is 5.81. The van der Waals surface area contributed by atoms with E-state index in [2.05, 4.69) is 19.2 Å². The van der Waals surface area contributed by atoms with Gasteiger partial charge in [0.05, 0.1) is 18.8 Å². The molecule has 0 fully saturated rings. The summed E-state index contributed by atoms with van der Waals surface area (Å²) in [6.07, 6.45) is 30.5. The molecule has 6 heteroatoms. The summed E-state index contributed by atoms with van der Waals surface area (Å²) in [6.45, 7) is 3.91. The maximum Gasteiger partial charge on any atom is 0.249 e. The smallest absolute Gasteiger partial charge is 0.249 e. The van der Waals surface area contributed by atoms with Crippen molar-refractivity contribution in [1.82, 2.24) is 5.32 Å². The van der Waals surface area contributed by atoms with Crippen molar-refractivity contribution in [1.29, 1.82) is 0 Å². The molecule has 0 bridgehead atoms. The molecule has 0 saturated heterocycles. The van der Waals surface area contributed by atoms with Crippen LogP contribution in [0.5, 0.6) is 0 Å². The predicted octanol–water partition coefficient (Wildman–Crippen LogP) is 8.51. The van der Waals surface area contributed by atoms with E-state index in [1.54, 1.807) is 0 Å². The summed E-state index contributed by atoms with van der Waals surface area (Å²) >= 11 is 0. The molecule has 0 rings (SSSR count). The van der Waals surface area contributed by atoms with Crippen LogP contribution in [0.15, 0.2) is 0 Å². The highest BCUT2D eigenvalue weighted by Gasteiger charge is 2.28. The van der Waals surface area contributed by atoms with Crippen LogP contribution in [-0.4, -0.2) is 57.3 Å². The second-order valence-electron chi connectivity index (χ2n) is 12.9. The molecule has 0 aromatic rings. The van der Waals surface area contributed by atoms with Gasteiger partial charge in [0.15, 0.2) is 0 Å². The molecular formula is C36H73NO5. The fraction of sp³-hybridized carbons (Fsp3) is 0.972. The van der Waals surface area contributed by atoms with Crippen LogP contribution in [0.2, 0.25) is 0 Å². The van der Waals surface area contributed by atoms with E-state index < -0.39 is 36.9 Å². The number of hydrogen-bond donors (Lipinski definition) is 5. The minimum atomic E-state index is -1.25. The van der Waals surface area contributed by atoms with Gasteiger partial charge in [-0.2, -0.15) is 0 Å². The number of aliphatic hydroxyl groups excluding tert-OH is 4. The number of unbranched alkanes of at least 4 members (excludes halogenated alkanes) is 24. The second kappa shape index (κ2) is 31.7. The van der Waals surface area contributed by atoms with E-state index in [0.717, 1.165) is 44.9 Å². The Morgan fingerprint density at radius 3 is 1.17 bits per heavy atom. The molecule has 0 aromatic carbocycles. The molecule has 0 aliphatic heterocycles. The summed E-state index contributed by atoms with van der Waals surface area (Å²) in [5, 5.41) is 42.8. The second-order valence-corrected chi connectivity index (χ2v) is 12.9. The van der Waals surface area contributed by atoms with E-state index in [0.29, 0.717) is 12.8 Å². The van der Waals surface area contributed by atoms with Gasteiger partial charge in [-0.25, -0.2) is 0 Å². The Morgan fingerprint density at radius 2 is 0.810 bits per heavy atom. The molecule has 0 aliphatic carbocycles. The van der Waals surface area contributed by atoms with E-state index in [4.69, 9.17) is 0 Å². The summed E-state index contributed by atoms with van der Waals surface area (Å²) in [7, 11) is 0. The Kier molecular flexibility index (Phi) is 31.2. The quantitative estimate of drug-likeness (QED) is 0.0486. The summed E-state index contributed by atoms with van der Waals surface area (Å²) in [5.41, 5.74) is 0. The van der Waals surface area contributed by atoms with E-state index in [1.165, 1.54) is 122 Å². The Morgan fingerprint density at radius 1 is 0.500 bits per heavy atom. The van der Waals surface area contributed by atoms with Gasteiger partial charge in [0, 0.05) is 0 Å². The SMILES string of the molecule is CCCCCCCCCCCCCCCCCCCCCCCCC(O)C(=O)NC(CO)C(O)C(O)CCCCCC. The number of rotatable bonds is 33. The first-order valence-corrected chi connectivity index (χ1v) is 18.4. The lowest BCUT2D eigenvalue weighted by Crippen LogP contribution is -2.53. The number of carbonyl (C=O) groups excluding carboxylic acids is 1. The zero-order valence-electron chi connectivity index (χ0n) is 28.0. The van der Waals surface area contributed by atoms with Crippen LogP contribution >= 0.6 is 0 Å². The molecule has 1 amide bonds. The van der Waals surface area contributed by atoms with Crippen LogP contribution in [0.1, 0.15) is 194 Å². The van der Waals surface area contributed by atoms with Crippen LogP contribution in [0.4, 0.5) is 0 Å². The molecule has 42 heavy (non-hydrogen) atoms. The lowest BCUT2D eigenvalue weighted by Gasteiger charge is -2.27. The minimum Gasteiger partial charge on any atom is -0.394 e. The molecule has 4 atom stereocenters. The maximum absolute atomic E-state index is 12.3. The van der Waals surface area contributed by atoms with E-state index >= 15 is 0 Å². The van der Waals surface area contributed by atoms with Crippen molar-refractivity contribution in [3.8, 4) is 0 Å².